The fraction of sp³-hybridized carbons (Fsp3) is 0.526. The summed E-state index contributed by atoms with van der Waals surface area (Å²) in [6.07, 6.45) is 2.85. The maximum atomic E-state index is 12.8. The van der Waals surface area contributed by atoms with Gasteiger partial charge in [-0.3, -0.25) is 4.79 Å². The standard InChI is InChI=1S/C19H25N3O3S2/c1-19(2,3)25-18(24)21(4)13-7-9-22(10-8-13)17(23)15-12-20-16(27-15)14-6-5-11-26-14/h5-6,11-13H,7-10H2,1-4H3. The summed E-state index contributed by atoms with van der Waals surface area (Å²) in [5.74, 6) is 0.0219. The van der Waals surface area contributed by atoms with Crippen molar-refractivity contribution in [1.82, 2.24) is 14.8 Å². The fourth-order valence-electron chi connectivity index (χ4n) is 2.98. The Hall–Kier alpha value is -1.93. The highest BCUT2D eigenvalue weighted by Gasteiger charge is 2.30. The van der Waals surface area contributed by atoms with Crippen LogP contribution < -0.4 is 0 Å². The molecule has 1 aliphatic heterocycles. The van der Waals surface area contributed by atoms with Crippen molar-refractivity contribution in [2.24, 2.45) is 0 Å². The molecule has 0 aromatic carbocycles. The quantitative estimate of drug-likeness (QED) is 0.759. The zero-order valence-electron chi connectivity index (χ0n) is 16.1. The highest BCUT2D eigenvalue weighted by molar-refractivity contribution is 7.21. The van der Waals surface area contributed by atoms with Crippen LogP contribution in [-0.4, -0.2) is 58.6 Å². The van der Waals surface area contributed by atoms with Crippen molar-refractivity contribution in [3.8, 4) is 9.88 Å². The first-order valence-corrected chi connectivity index (χ1v) is 10.7. The molecule has 1 fully saturated rings. The van der Waals surface area contributed by atoms with Gasteiger partial charge in [-0.05, 0) is 45.1 Å². The zero-order chi connectivity index (χ0) is 19.6. The number of hydrogen-bond donors (Lipinski definition) is 0. The second-order valence-corrected chi connectivity index (χ2v) is 9.60. The number of carbonyl (C=O) groups is 2. The second-order valence-electron chi connectivity index (χ2n) is 7.62. The Morgan fingerprint density at radius 3 is 2.59 bits per heavy atom. The number of thiazole rings is 1. The van der Waals surface area contributed by atoms with Crippen molar-refractivity contribution in [3.05, 3.63) is 28.6 Å². The van der Waals surface area contributed by atoms with E-state index < -0.39 is 5.60 Å². The van der Waals surface area contributed by atoms with Gasteiger partial charge in [0.2, 0.25) is 0 Å². The van der Waals surface area contributed by atoms with Crippen LogP contribution in [0.4, 0.5) is 4.79 Å². The predicted molar refractivity (Wildman–Crippen MR) is 108 cm³/mol. The van der Waals surface area contributed by atoms with Crippen molar-refractivity contribution in [1.29, 1.82) is 0 Å². The van der Waals surface area contributed by atoms with Crippen molar-refractivity contribution in [2.75, 3.05) is 20.1 Å². The third-order valence-corrected chi connectivity index (χ3v) is 6.45. The molecule has 2 amide bonds. The Labute approximate surface area is 167 Å². The van der Waals surface area contributed by atoms with Gasteiger partial charge in [0.15, 0.2) is 0 Å². The van der Waals surface area contributed by atoms with E-state index in [4.69, 9.17) is 4.74 Å². The summed E-state index contributed by atoms with van der Waals surface area (Å²) >= 11 is 3.05. The smallest absolute Gasteiger partial charge is 0.410 e. The molecule has 2 aromatic rings. The van der Waals surface area contributed by atoms with Gasteiger partial charge in [0, 0.05) is 26.2 Å². The van der Waals surface area contributed by atoms with Gasteiger partial charge < -0.3 is 14.5 Å². The van der Waals surface area contributed by atoms with Gasteiger partial charge in [-0.25, -0.2) is 9.78 Å². The highest BCUT2D eigenvalue weighted by Crippen LogP contribution is 2.30. The van der Waals surface area contributed by atoms with E-state index in [0.29, 0.717) is 18.0 Å². The largest absolute Gasteiger partial charge is 0.444 e. The molecule has 27 heavy (non-hydrogen) atoms. The lowest BCUT2D eigenvalue weighted by molar-refractivity contribution is 0.0156. The van der Waals surface area contributed by atoms with Gasteiger partial charge >= 0.3 is 6.09 Å². The molecule has 3 heterocycles. The molecule has 146 valence electrons. The molecule has 0 spiro atoms. The number of nitrogens with zero attached hydrogens (tertiary/aromatic N) is 3. The molecule has 0 saturated carbocycles. The first-order valence-electron chi connectivity index (χ1n) is 8.99. The molecule has 0 N–H and O–H groups in total. The minimum atomic E-state index is -0.506. The molecule has 0 bridgehead atoms. The molecular formula is C19H25N3O3S2. The van der Waals surface area contributed by atoms with Crippen LogP contribution in [0.25, 0.3) is 9.88 Å². The number of amides is 2. The molecular weight excluding hydrogens is 382 g/mol. The third-order valence-electron chi connectivity index (χ3n) is 4.43. The van der Waals surface area contributed by atoms with Gasteiger partial charge in [0.25, 0.3) is 5.91 Å². The Morgan fingerprint density at radius 1 is 1.30 bits per heavy atom. The van der Waals surface area contributed by atoms with E-state index in [1.165, 1.54) is 11.3 Å². The van der Waals surface area contributed by atoms with Crippen LogP contribution in [0.3, 0.4) is 0 Å². The molecule has 0 atom stereocenters. The maximum absolute atomic E-state index is 12.8. The Bertz CT molecular complexity index is 787. The molecule has 0 radical (unpaired) electrons. The van der Waals surface area contributed by atoms with Crippen molar-refractivity contribution in [3.63, 3.8) is 0 Å². The lowest BCUT2D eigenvalue weighted by Gasteiger charge is -2.37. The van der Waals surface area contributed by atoms with E-state index >= 15 is 0 Å². The number of carbonyl (C=O) groups excluding carboxylic acids is 2. The Morgan fingerprint density at radius 2 is 2.00 bits per heavy atom. The topological polar surface area (TPSA) is 62.7 Å². The first-order chi connectivity index (χ1) is 12.7. The first kappa shape index (κ1) is 19.8. The third kappa shape index (κ3) is 4.87. The normalized spacial score (nSPS) is 15.6. The van der Waals surface area contributed by atoms with Crippen LogP contribution >= 0.6 is 22.7 Å². The van der Waals surface area contributed by atoms with Crippen LogP contribution in [0.1, 0.15) is 43.3 Å². The van der Waals surface area contributed by atoms with Crippen LogP contribution in [0.5, 0.6) is 0 Å². The van der Waals surface area contributed by atoms with Crippen LogP contribution in [-0.2, 0) is 4.74 Å². The lowest BCUT2D eigenvalue weighted by Crippen LogP contribution is -2.48. The monoisotopic (exact) mass is 407 g/mol. The molecule has 0 unspecified atom stereocenters. The number of likely N-dealkylation sites (tertiary alicyclic amines) is 1. The summed E-state index contributed by atoms with van der Waals surface area (Å²) in [5, 5.41) is 2.89. The fourth-order valence-corrected chi connectivity index (χ4v) is 4.67. The minimum Gasteiger partial charge on any atom is -0.444 e. The van der Waals surface area contributed by atoms with Crippen molar-refractivity contribution < 1.29 is 14.3 Å². The molecule has 8 heteroatoms. The van der Waals surface area contributed by atoms with E-state index in [-0.39, 0.29) is 18.0 Å². The molecule has 0 aliphatic carbocycles. The average molecular weight is 408 g/mol. The minimum absolute atomic E-state index is 0.0219. The van der Waals surface area contributed by atoms with Gasteiger partial charge in [0.1, 0.15) is 15.5 Å². The summed E-state index contributed by atoms with van der Waals surface area (Å²) in [7, 11) is 1.77. The van der Waals surface area contributed by atoms with Crippen LogP contribution in [0.2, 0.25) is 0 Å². The van der Waals surface area contributed by atoms with Crippen molar-refractivity contribution >= 4 is 34.7 Å². The van der Waals surface area contributed by atoms with Crippen LogP contribution in [0, 0.1) is 0 Å². The lowest BCUT2D eigenvalue weighted by atomic mass is 10.0. The SMILES string of the molecule is CN(C(=O)OC(C)(C)C)C1CCN(C(=O)c2cnc(-c3cccs3)s2)CC1. The molecule has 1 saturated heterocycles. The summed E-state index contributed by atoms with van der Waals surface area (Å²) in [6.45, 7) is 6.84. The summed E-state index contributed by atoms with van der Waals surface area (Å²) < 4.78 is 5.44. The number of thiophene rings is 1. The van der Waals surface area contributed by atoms with E-state index in [0.717, 1.165) is 22.7 Å². The van der Waals surface area contributed by atoms with Crippen LogP contribution in [0.15, 0.2) is 23.7 Å². The molecule has 1 aliphatic rings. The number of hydrogen-bond acceptors (Lipinski definition) is 6. The summed E-state index contributed by atoms with van der Waals surface area (Å²) in [4.78, 5) is 34.6. The van der Waals surface area contributed by atoms with E-state index in [1.807, 2.05) is 43.2 Å². The van der Waals surface area contributed by atoms with Gasteiger partial charge in [0.05, 0.1) is 11.1 Å². The molecule has 2 aromatic heterocycles. The number of ether oxygens (including phenoxy) is 1. The highest BCUT2D eigenvalue weighted by atomic mass is 32.1. The molecule has 6 nitrogen and oxygen atoms in total. The van der Waals surface area contributed by atoms with E-state index in [9.17, 15) is 9.59 Å². The van der Waals surface area contributed by atoms with Gasteiger partial charge in [-0.1, -0.05) is 6.07 Å². The second kappa shape index (κ2) is 7.98. The number of rotatable bonds is 3. The van der Waals surface area contributed by atoms with Gasteiger partial charge in [-0.15, -0.1) is 22.7 Å². The average Bonchev–Trinajstić information content (AvgIpc) is 3.30. The van der Waals surface area contributed by atoms with E-state index in [2.05, 4.69) is 4.98 Å². The zero-order valence-corrected chi connectivity index (χ0v) is 17.7. The van der Waals surface area contributed by atoms with Crippen molar-refractivity contribution in [2.45, 2.75) is 45.3 Å². The summed E-state index contributed by atoms with van der Waals surface area (Å²) in [5.41, 5.74) is -0.506. The molecule has 3 rings (SSSR count). The maximum Gasteiger partial charge on any atom is 0.410 e. The number of aromatic nitrogens is 1. The Balaban J connectivity index is 1.56. The summed E-state index contributed by atoms with van der Waals surface area (Å²) in [6, 6.07) is 4.08. The number of piperidine rings is 1. The predicted octanol–water partition coefficient (Wildman–Crippen LogP) is 4.34. The Kier molecular flexibility index (Phi) is 5.86. The van der Waals surface area contributed by atoms with Gasteiger partial charge in [-0.2, -0.15) is 0 Å². The van der Waals surface area contributed by atoms with E-state index in [1.54, 1.807) is 29.5 Å².